The van der Waals surface area contributed by atoms with E-state index in [9.17, 15) is 4.39 Å². The predicted octanol–water partition coefficient (Wildman–Crippen LogP) is 2.42. The summed E-state index contributed by atoms with van der Waals surface area (Å²) < 4.78 is 12.8. The van der Waals surface area contributed by atoms with Crippen LogP contribution in [0.2, 0.25) is 0 Å². The molecule has 0 saturated carbocycles. The number of nitrogens with two attached hydrogens (primary N) is 1. The maximum absolute atomic E-state index is 12.8. The van der Waals surface area contributed by atoms with Crippen molar-refractivity contribution in [2.45, 2.75) is 0 Å². The summed E-state index contributed by atoms with van der Waals surface area (Å²) in [5, 5.41) is 10.8. The SMILES string of the molecule is Nc1cncc2[nH]nc(Nc3ccc(F)cc3)c12. The van der Waals surface area contributed by atoms with Crippen LogP contribution in [0.25, 0.3) is 10.9 Å². The third-order valence-corrected chi connectivity index (χ3v) is 2.61. The summed E-state index contributed by atoms with van der Waals surface area (Å²) in [6.07, 6.45) is 3.21. The fourth-order valence-corrected chi connectivity index (χ4v) is 1.76. The third-order valence-electron chi connectivity index (χ3n) is 2.61. The van der Waals surface area contributed by atoms with Crippen molar-refractivity contribution in [1.82, 2.24) is 15.2 Å². The maximum Gasteiger partial charge on any atom is 0.162 e. The molecule has 0 unspecified atom stereocenters. The number of nitrogens with one attached hydrogen (secondary N) is 2. The second kappa shape index (κ2) is 3.99. The van der Waals surface area contributed by atoms with Gasteiger partial charge < -0.3 is 11.1 Å². The molecule has 2 aromatic heterocycles. The molecule has 0 bridgehead atoms. The molecule has 18 heavy (non-hydrogen) atoms. The molecule has 1 aromatic carbocycles. The number of nitrogens with zero attached hydrogens (tertiary/aromatic N) is 2. The van der Waals surface area contributed by atoms with Crippen LogP contribution in [-0.2, 0) is 0 Å². The van der Waals surface area contributed by atoms with E-state index >= 15 is 0 Å². The Morgan fingerprint density at radius 1 is 1.17 bits per heavy atom. The van der Waals surface area contributed by atoms with Gasteiger partial charge in [-0.15, -0.1) is 0 Å². The first-order valence-electron chi connectivity index (χ1n) is 5.34. The molecule has 0 radical (unpaired) electrons. The van der Waals surface area contributed by atoms with E-state index in [0.29, 0.717) is 11.5 Å². The second-order valence-corrected chi connectivity index (χ2v) is 3.86. The van der Waals surface area contributed by atoms with Crippen LogP contribution in [0.5, 0.6) is 0 Å². The van der Waals surface area contributed by atoms with Gasteiger partial charge in [-0.25, -0.2) is 4.39 Å². The van der Waals surface area contributed by atoms with Gasteiger partial charge in [0.05, 0.1) is 29.0 Å². The molecule has 5 nitrogen and oxygen atoms in total. The molecule has 90 valence electrons. The average Bonchev–Trinajstić information content (AvgIpc) is 2.77. The molecule has 0 saturated heterocycles. The normalized spacial score (nSPS) is 10.7. The van der Waals surface area contributed by atoms with Crippen molar-refractivity contribution in [2.75, 3.05) is 11.1 Å². The molecule has 6 heteroatoms. The first kappa shape index (κ1) is 10.5. The number of hydrogen-bond donors (Lipinski definition) is 3. The van der Waals surface area contributed by atoms with Crippen molar-refractivity contribution in [2.24, 2.45) is 0 Å². The minimum absolute atomic E-state index is 0.281. The van der Waals surface area contributed by atoms with Gasteiger partial charge in [0.15, 0.2) is 5.82 Å². The number of nitrogen functional groups attached to an aromatic ring is 1. The number of fused-ring (bicyclic) bond motifs is 1. The van der Waals surface area contributed by atoms with Gasteiger partial charge in [-0.05, 0) is 24.3 Å². The Balaban J connectivity index is 2.02. The smallest absolute Gasteiger partial charge is 0.162 e. The van der Waals surface area contributed by atoms with Crippen molar-refractivity contribution in [3.8, 4) is 0 Å². The van der Waals surface area contributed by atoms with Gasteiger partial charge in [0, 0.05) is 5.69 Å². The van der Waals surface area contributed by atoms with E-state index in [0.717, 1.165) is 16.6 Å². The molecular weight excluding hydrogens is 233 g/mol. The quantitative estimate of drug-likeness (QED) is 0.645. The Kier molecular flexibility index (Phi) is 2.33. The van der Waals surface area contributed by atoms with Gasteiger partial charge in [0.1, 0.15) is 5.82 Å². The van der Waals surface area contributed by atoms with E-state index in [1.54, 1.807) is 24.5 Å². The molecule has 4 N–H and O–H groups in total. The summed E-state index contributed by atoms with van der Waals surface area (Å²) in [4.78, 5) is 3.97. The summed E-state index contributed by atoms with van der Waals surface area (Å²) in [6.45, 7) is 0. The van der Waals surface area contributed by atoms with Crippen molar-refractivity contribution >= 4 is 28.1 Å². The van der Waals surface area contributed by atoms with Crippen molar-refractivity contribution in [3.05, 3.63) is 42.5 Å². The molecular formula is C12H10FN5. The Bertz CT molecular complexity index is 689. The van der Waals surface area contributed by atoms with Crippen LogP contribution in [0.15, 0.2) is 36.7 Å². The fourth-order valence-electron chi connectivity index (χ4n) is 1.76. The highest BCUT2D eigenvalue weighted by Gasteiger charge is 2.09. The number of benzene rings is 1. The number of hydrogen-bond acceptors (Lipinski definition) is 4. The highest BCUT2D eigenvalue weighted by Crippen LogP contribution is 2.27. The molecule has 0 aliphatic heterocycles. The minimum Gasteiger partial charge on any atom is -0.397 e. The van der Waals surface area contributed by atoms with Crippen LogP contribution in [0.4, 0.5) is 21.6 Å². The zero-order valence-corrected chi connectivity index (χ0v) is 9.31. The van der Waals surface area contributed by atoms with Crippen LogP contribution >= 0.6 is 0 Å². The standard InChI is InChI=1S/C12H10FN5/c13-7-1-3-8(4-2-7)16-12-11-9(14)5-15-6-10(11)17-18-12/h1-6H,14H2,(H2,16,17,18). The summed E-state index contributed by atoms with van der Waals surface area (Å²) >= 11 is 0. The average molecular weight is 243 g/mol. The number of aromatic nitrogens is 3. The molecule has 0 aliphatic carbocycles. The minimum atomic E-state index is -0.281. The number of H-pyrrole nitrogens is 1. The van der Waals surface area contributed by atoms with Gasteiger partial charge in [-0.1, -0.05) is 0 Å². The Morgan fingerprint density at radius 2 is 1.94 bits per heavy atom. The van der Waals surface area contributed by atoms with Gasteiger partial charge >= 0.3 is 0 Å². The number of pyridine rings is 1. The van der Waals surface area contributed by atoms with E-state index in [4.69, 9.17) is 5.73 Å². The Morgan fingerprint density at radius 3 is 2.72 bits per heavy atom. The first-order valence-corrected chi connectivity index (χ1v) is 5.34. The Labute approximate surface area is 102 Å². The zero-order chi connectivity index (χ0) is 12.5. The van der Waals surface area contributed by atoms with Crippen molar-refractivity contribution in [1.29, 1.82) is 0 Å². The topological polar surface area (TPSA) is 79.6 Å². The summed E-state index contributed by atoms with van der Waals surface area (Å²) in [6, 6.07) is 6.02. The van der Waals surface area contributed by atoms with Crippen LogP contribution in [0.1, 0.15) is 0 Å². The lowest BCUT2D eigenvalue weighted by molar-refractivity contribution is 0.628. The van der Waals surface area contributed by atoms with Gasteiger partial charge in [-0.3, -0.25) is 10.1 Å². The van der Waals surface area contributed by atoms with Gasteiger partial charge in [-0.2, -0.15) is 5.10 Å². The lowest BCUT2D eigenvalue weighted by Crippen LogP contribution is -1.93. The van der Waals surface area contributed by atoms with E-state index in [-0.39, 0.29) is 5.82 Å². The highest BCUT2D eigenvalue weighted by atomic mass is 19.1. The van der Waals surface area contributed by atoms with Crippen LogP contribution in [0.3, 0.4) is 0 Å². The van der Waals surface area contributed by atoms with Gasteiger partial charge in [0.2, 0.25) is 0 Å². The monoisotopic (exact) mass is 243 g/mol. The predicted molar refractivity (Wildman–Crippen MR) is 68.0 cm³/mol. The largest absolute Gasteiger partial charge is 0.397 e. The van der Waals surface area contributed by atoms with Crippen LogP contribution in [0, 0.1) is 5.82 Å². The summed E-state index contributed by atoms with van der Waals surface area (Å²) in [7, 11) is 0. The maximum atomic E-state index is 12.8. The molecule has 0 spiro atoms. The molecule has 0 fully saturated rings. The molecule has 0 aliphatic rings. The van der Waals surface area contributed by atoms with E-state index < -0.39 is 0 Å². The number of rotatable bonds is 2. The van der Waals surface area contributed by atoms with E-state index in [1.807, 2.05) is 0 Å². The number of anilines is 3. The van der Waals surface area contributed by atoms with E-state index in [2.05, 4.69) is 20.5 Å². The zero-order valence-electron chi connectivity index (χ0n) is 9.31. The molecule has 0 amide bonds. The summed E-state index contributed by atoms with van der Waals surface area (Å²) in [5.74, 6) is 0.313. The lowest BCUT2D eigenvalue weighted by atomic mass is 10.2. The lowest BCUT2D eigenvalue weighted by Gasteiger charge is -2.04. The van der Waals surface area contributed by atoms with Gasteiger partial charge in [0.25, 0.3) is 0 Å². The van der Waals surface area contributed by atoms with Crippen LogP contribution < -0.4 is 11.1 Å². The molecule has 0 atom stereocenters. The second-order valence-electron chi connectivity index (χ2n) is 3.86. The molecule has 2 heterocycles. The van der Waals surface area contributed by atoms with Crippen molar-refractivity contribution < 1.29 is 4.39 Å². The van der Waals surface area contributed by atoms with Crippen LogP contribution in [-0.4, -0.2) is 15.2 Å². The van der Waals surface area contributed by atoms with Crippen molar-refractivity contribution in [3.63, 3.8) is 0 Å². The van der Waals surface area contributed by atoms with E-state index in [1.165, 1.54) is 12.1 Å². The third kappa shape index (κ3) is 1.73. The number of aromatic amines is 1. The highest BCUT2D eigenvalue weighted by molar-refractivity contribution is 5.99. The number of halogens is 1. The first-order chi connectivity index (χ1) is 8.74. The molecule has 3 rings (SSSR count). The Hall–Kier alpha value is -2.63. The fraction of sp³-hybridized carbons (Fsp3) is 0. The molecule has 3 aromatic rings. The summed E-state index contributed by atoms with van der Waals surface area (Å²) in [5.41, 5.74) is 7.88.